The fourth-order valence-corrected chi connectivity index (χ4v) is 4.39. The molecule has 0 spiro atoms. The van der Waals surface area contributed by atoms with Crippen LogP contribution in [-0.4, -0.2) is 36.0 Å². The van der Waals surface area contributed by atoms with Gasteiger partial charge in [-0.25, -0.2) is 23.5 Å². The normalized spacial score (nSPS) is 11.7. The molecule has 0 unspecified atom stereocenters. The van der Waals surface area contributed by atoms with Crippen molar-refractivity contribution in [3.63, 3.8) is 0 Å². The molecule has 2 heterocycles. The molecule has 0 saturated heterocycles. The molecule has 0 fully saturated rings. The van der Waals surface area contributed by atoms with Gasteiger partial charge >= 0.3 is 5.97 Å². The van der Waals surface area contributed by atoms with Gasteiger partial charge < -0.3 is 10.0 Å². The zero-order chi connectivity index (χ0) is 21.0. The van der Waals surface area contributed by atoms with Crippen molar-refractivity contribution in [3.8, 4) is 0 Å². The molecule has 0 aliphatic heterocycles. The maximum Gasteiger partial charge on any atom is 0.303 e. The van der Waals surface area contributed by atoms with Crippen molar-refractivity contribution >= 4 is 56.1 Å². The average Bonchev–Trinajstić information content (AvgIpc) is 3.02. The number of sulfonamides is 1. The second kappa shape index (κ2) is 9.08. The van der Waals surface area contributed by atoms with Gasteiger partial charge in [0.25, 0.3) is 0 Å². The van der Waals surface area contributed by atoms with Crippen LogP contribution in [0.15, 0.2) is 45.6 Å². The van der Waals surface area contributed by atoms with Crippen LogP contribution in [0.25, 0.3) is 10.3 Å². The van der Waals surface area contributed by atoms with E-state index >= 15 is 0 Å². The smallest absolute Gasteiger partial charge is 0.303 e. The lowest BCUT2D eigenvalue weighted by atomic mass is 10.2. The highest BCUT2D eigenvalue weighted by atomic mass is 32.2. The number of unbranched alkanes of at least 4 members (excludes halogenated alkanes) is 1. The largest absolute Gasteiger partial charge is 0.481 e. The molecule has 0 bridgehead atoms. The van der Waals surface area contributed by atoms with Crippen molar-refractivity contribution in [1.29, 1.82) is 0 Å². The number of anilines is 1. The van der Waals surface area contributed by atoms with Crippen molar-refractivity contribution in [2.75, 3.05) is 11.4 Å². The number of hydrogen-bond donors (Lipinski definition) is 3. The average molecular weight is 453 g/mol. The summed E-state index contributed by atoms with van der Waals surface area (Å²) in [6, 6.07) is 10.1. The lowest BCUT2D eigenvalue weighted by Crippen LogP contribution is -2.25. The fraction of sp³-hybridized carbons (Fsp3) is 0.278. The molecular formula is C18H20N4O4S3. The SMILES string of the molecule is NS(=O)(=O)c1ccc(CN(CCCCC(=O)O)c2ccc3nc(S)sc3n2)cc1. The molecule has 8 nitrogen and oxygen atoms in total. The highest BCUT2D eigenvalue weighted by Crippen LogP contribution is 2.26. The number of benzene rings is 1. The molecule has 154 valence electrons. The summed E-state index contributed by atoms with van der Waals surface area (Å²) < 4.78 is 23.5. The second-order valence-corrected chi connectivity index (χ2v) is 9.72. The third-order valence-corrected chi connectivity index (χ3v) is 6.32. The lowest BCUT2D eigenvalue weighted by Gasteiger charge is -2.24. The standard InChI is InChI=1S/C18H20N4O4S3/c19-29(25,26)13-6-4-12(5-7-13)11-22(10-2-1-3-16(23)24)15-9-8-14-17(21-15)28-18(27)20-14/h4-9H,1-3,10-11H2,(H,20,27)(H,23,24)(H2,19,25,26). The number of aromatic nitrogens is 2. The minimum atomic E-state index is -3.74. The summed E-state index contributed by atoms with van der Waals surface area (Å²) in [6.07, 6.45) is 1.35. The van der Waals surface area contributed by atoms with Crippen LogP contribution in [0, 0.1) is 0 Å². The first-order valence-electron chi connectivity index (χ1n) is 8.77. The highest BCUT2D eigenvalue weighted by Gasteiger charge is 2.13. The van der Waals surface area contributed by atoms with E-state index in [-0.39, 0.29) is 11.3 Å². The van der Waals surface area contributed by atoms with Crippen LogP contribution < -0.4 is 10.0 Å². The van der Waals surface area contributed by atoms with Gasteiger partial charge in [-0.15, -0.1) is 12.6 Å². The topological polar surface area (TPSA) is 126 Å². The lowest BCUT2D eigenvalue weighted by molar-refractivity contribution is -0.137. The van der Waals surface area contributed by atoms with Crippen molar-refractivity contribution in [1.82, 2.24) is 9.97 Å². The van der Waals surface area contributed by atoms with Crippen LogP contribution >= 0.6 is 24.0 Å². The van der Waals surface area contributed by atoms with Gasteiger partial charge in [0.15, 0.2) is 0 Å². The number of fused-ring (bicyclic) bond motifs is 1. The Bertz CT molecular complexity index is 1110. The maximum atomic E-state index is 11.4. The summed E-state index contributed by atoms with van der Waals surface area (Å²) in [4.78, 5) is 22.6. The van der Waals surface area contributed by atoms with E-state index in [9.17, 15) is 13.2 Å². The van der Waals surface area contributed by atoms with Gasteiger partial charge in [-0.05, 0) is 42.7 Å². The molecule has 1 aromatic carbocycles. The Balaban J connectivity index is 1.82. The molecule has 0 atom stereocenters. The van der Waals surface area contributed by atoms with E-state index in [1.165, 1.54) is 23.5 Å². The monoisotopic (exact) mass is 452 g/mol. The molecule has 3 aromatic rings. The minimum Gasteiger partial charge on any atom is -0.481 e. The Morgan fingerprint density at radius 3 is 2.52 bits per heavy atom. The Labute approximate surface area is 177 Å². The zero-order valence-electron chi connectivity index (χ0n) is 15.4. The van der Waals surface area contributed by atoms with Crippen LogP contribution in [0.1, 0.15) is 24.8 Å². The van der Waals surface area contributed by atoms with Crippen LogP contribution in [0.5, 0.6) is 0 Å². The number of carbonyl (C=O) groups is 1. The van der Waals surface area contributed by atoms with Gasteiger partial charge in [0, 0.05) is 19.5 Å². The summed E-state index contributed by atoms with van der Waals surface area (Å²) in [7, 11) is -3.74. The third-order valence-electron chi connectivity index (χ3n) is 4.25. The number of carboxylic acid groups (broad SMARTS) is 1. The first kappa shape index (κ1) is 21.5. The summed E-state index contributed by atoms with van der Waals surface area (Å²) in [5.41, 5.74) is 1.66. The number of primary sulfonamides is 1. The van der Waals surface area contributed by atoms with Crippen LogP contribution in [0.4, 0.5) is 5.82 Å². The predicted octanol–water partition coefficient (Wildman–Crippen LogP) is 2.89. The van der Waals surface area contributed by atoms with Crippen LogP contribution in [0.2, 0.25) is 0 Å². The van der Waals surface area contributed by atoms with Crippen molar-refractivity contribution < 1.29 is 18.3 Å². The van der Waals surface area contributed by atoms with Gasteiger partial charge in [0.05, 0.1) is 4.90 Å². The number of rotatable bonds is 9. The summed E-state index contributed by atoms with van der Waals surface area (Å²) >= 11 is 5.65. The summed E-state index contributed by atoms with van der Waals surface area (Å²) in [5, 5.41) is 14.0. The zero-order valence-corrected chi connectivity index (χ0v) is 17.9. The number of carboxylic acids is 1. The van der Waals surface area contributed by atoms with E-state index in [4.69, 9.17) is 10.2 Å². The van der Waals surface area contributed by atoms with Gasteiger partial charge in [-0.2, -0.15) is 0 Å². The van der Waals surface area contributed by atoms with Crippen molar-refractivity contribution in [3.05, 3.63) is 42.0 Å². The Morgan fingerprint density at radius 2 is 1.86 bits per heavy atom. The van der Waals surface area contributed by atoms with Crippen LogP contribution in [0.3, 0.4) is 0 Å². The molecule has 2 aromatic heterocycles. The second-order valence-electron chi connectivity index (χ2n) is 6.45. The van der Waals surface area contributed by atoms with Gasteiger partial charge in [-0.3, -0.25) is 4.79 Å². The first-order chi connectivity index (χ1) is 13.7. The van der Waals surface area contributed by atoms with Crippen LogP contribution in [-0.2, 0) is 21.4 Å². The predicted molar refractivity (Wildman–Crippen MR) is 115 cm³/mol. The van der Waals surface area contributed by atoms with Crippen molar-refractivity contribution in [2.45, 2.75) is 35.0 Å². The fourth-order valence-electron chi connectivity index (χ4n) is 2.83. The quantitative estimate of drug-likeness (QED) is 0.336. The molecule has 3 rings (SSSR count). The molecule has 0 radical (unpaired) electrons. The molecular weight excluding hydrogens is 432 g/mol. The Morgan fingerprint density at radius 1 is 1.14 bits per heavy atom. The number of nitrogens with two attached hydrogens (primary N) is 1. The first-order valence-corrected chi connectivity index (χ1v) is 11.6. The maximum absolute atomic E-state index is 11.4. The van der Waals surface area contributed by atoms with Gasteiger partial charge in [-0.1, -0.05) is 23.5 Å². The van der Waals surface area contributed by atoms with E-state index < -0.39 is 16.0 Å². The Kier molecular flexibility index (Phi) is 6.73. The number of pyridine rings is 1. The molecule has 0 amide bonds. The van der Waals surface area contributed by atoms with E-state index in [2.05, 4.69) is 22.6 Å². The number of hydrogen-bond acceptors (Lipinski definition) is 8. The van der Waals surface area contributed by atoms with E-state index in [0.717, 1.165) is 21.7 Å². The van der Waals surface area contributed by atoms with E-state index in [0.29, 0.717) is 30.3 Å². The third kappa shape index (κ3) is 5.89. The summed E-state index contributed by atoms with van der Waals surface area (Å²) in [6.45, 7) is 1.10. The van der Waals surface area contributed by atoms with Gasteiger partial charge in [0.1, 0.15) is 20.5 Å². The highest BCUT2D eigenvalue weighted by molar-refractivity contribution is 7.89. The molecule has 11 heteroatoms. The van der Waals surface area contributed by atoms with E-state index in [1.54, 1.807) is 12.1 Å². The molecule has 29 heavy (non-hydrogen) atoms. The molecule has 0 aliphatic rings. The van der Waals surface area contributed by atoms with Gasteiger partial charge in [0.2, 0.25) is 10.0 Å². The summed E-state index contributed by atoms with van der Waals surface area (Å²) in [5.74, 6) is -0.0824. The number of thiol groups is 1. The minimum absolute atomic E-state index is 0.0553. The number of nitrogens with zero attached hydrogens (tertiary/aromatic N) is 3. The van der Waals surface area contributed by atoms with E-state index in [1.807, 2.05) is 17.0 Å². The molecule has 0 aliphatic carbocycles. The number of thiazole rings is 1. The number of aliphatic carboxylic acids is 1. The molecule has 0 saturated carbocycles. The molecule has 3 N–H and O–H groups in total. The van der Waals surface area contributed by atoms with Crippen molar-refractivity contribution in [2.24, 2.45) is 5.14 Å². The Hall–Kier alpha value is -2.21.